The number of pyridine rings is 4. The molecule has 0 radical (unpaired) electrons. The maximum atomic E-state index is 13.0. The Morgan fingerprint density at radius 3 is 1.29 bits per heavy atom. The molecule has 15 aromatic rings. The number of amides is 4. The SMILES string of the molecule is CCC(C)(C)C(=O)OCC(O)Cn1c2ccccc2c(=O)c2ccccc21.CCC(C)(C)C(=O)OCCNC(=O)NC1=C2N=C(C)C=CC2CC=C1.CCC(C)(C)C(=O)OCCNC(=O)Nc1ccc2[nH]c(=O)[nH]c2c1.CCC(C)c1ccccc1.CCC(C)c1ccccc1.CCn1c2ccccc2c(=O)c2cc3[nH]c4ccccc4c(=O)c3cc21.CCn1c2ccccc2c(=O)c2ccccc21. The van der Waals surface area contributed by atoms with Crippen molar-refractivity contribution < 1.29 is 43.3 Å². The molecule has 0 saturated heterocycles. The number of anilines is 1. The minimum Gasteiger partial charge on any atom is -0.463 e. The molecule has 1 aliphatic carbocycles. The number of aliphatic imine (C=N–C) groups is 1. The molecule has 0 fully saturated rings. The summed E-state index contributed by atoms with van der Waals surface area (Å²) < 4.78 is 21.8. The highest BCUT2D eigenvalue weighted by atomic mass is 16.5. The summed E-state index contributed by atoms with van der Waals surface area (Å²) in [5.41, 5.74) is 12.1. The third kappa shape index (κ3) is 26.5. The molecule has 4 unspecified atom stereocenters. The second-order valence-corrected chi connectivity index (χ2v) is 36.5. The van der Waals surface area contributed by atoms with Gasteiger partial charge in [-0.2, -0.15) is 0 Å². The summed E-state index contributed by atoms with van der Waals surface area (Å²) in [7, 11) is 0. The molecule has 726 valence electrons. The summed E-state index contributed by atoms with van der Waals surface area (Å²) in [5, 5.41) is 26.7. The van der Waals surface area contributed by atoms with Crippen LogP contribution in [0.3, 0.4) is 0 Å². The maximum Gasteiger partial charge on any atom is 0.323 e. The molecular weight excluding hydrogens is 1750 g/mol. The minimum absolute atomic E-state index is 0.00351. The highest BCUT2D eigenvalue weighted by Crippen LogP contribution is 2.32. The van der Waals surface area contributed by atoms with Crippen molar-refractivity contribution in [1.82, 2.24) is 44.6 Å². The molecule has 6 heterocycles. The van der Waals surface area contributed by atoms with Crippen molar-refractivity contribution in [3.8, 4) is 0 Å². The Bertz CT molecular complexity index is 7170. The second kappa shape index (κ2) is 48.7. The van der Waals surface area contributed by atoms with Gasteiger partial charge >= 0.3 is 35.7 Å². The minimum atomic E-state index is -0.879. The number of nitrogens with zero attached hydrogens (tertiary/aromatic N) is 4. The number of dihydropyridines is 1. The Kier molecular flexibility index (Phi) is 36.7. The lowest BCUT2D eigenvalue weighted by molar-refractivity contribution is -0.157. The van der Waals surface area contributed by atoms with Crippen molar-refractivity contribution in [1.29, 1.82) is 0 Å². The average molecular weight is 1880 g/mol. The van der Waals surface area contributed by atoms with Crippen molar-refractivity contribution >= 4 is 140 Å². The maximum absolute atomic E-state index is 13.0. The van der Waals surface area contributed by atoms with Gasteiger partial charge in [-0.25, -0.2) is 14.4 Å². The van der Waals surface area contributed by atoms with Crippen molar-refractivity contribution in [3.63, 3.8) is 0 Å². The van der Waals surface area contributed by atoms with Gasteiger partial charge in [0.1, 0.15) is 25.9 Å². The molecule has 2 aliphatic rings. The number of esters is 3. The Hall–Kier alpha value is -14.9. The molecule has 10 aromatic carbocycles. The van der Waals surface area contributed by atoms with Gasteiger partial charge in [-0.15, -0.1) is 0 Å². The van der Waals surface area contributed by atoms with Gasteiger partial charge in [0.25, 0.3) is 0 Å². The van der Waals surface area contributed by atoms with Crippen LogP contribution in [-0.2, 0) is 48.2 Å². The van der Waals surface area contributed by atoms with Gasteiger partial charge < -0.3 is 69.2 Å². The molecule has 0 bridgehead atoms. The number of benzene rings is 10. The lowest BCUT2D eigenvalue weighted by atomic mass is 9.91. The summed E-state index contributed by atoms with van der Waals surface area (Å²) in [5.74, 6) is 0.773. The van der Waals surface area contributed by atoms with Crippen molar-refractivity contribution in [2.45, 2.75) is 187 Å². The highest BCUT2D eigenvalue weighted by Gasteiger charge is 2.31. The lowest BCUT2D eigenvalue weighted by Gasteiger charge is -2.23. The first-order chi connectivity index (χ1) is 66.7. The number of hydrogen-bond acceptors (Lipinski definition) is 15. The molecule has 8 N–H and O–H groups in total. The zero-order chi connectivity index (χ0) is 100. The van der Waals surface area contributed by atoms with Gasteiger partial charge in [0.2, 0.25) is 0 Å². The van der Waals surface area contributed by atoms with Crippen LogP contribution >= 0.6 is 0 Å². The number of fused-ring (bicyclic) bond motifs is 10. The lowest BCUT2D eigenvalue weighted by Crippen LogP contribution is -2.38. The molecule has 0 spiro atoms. The zero-order valence-electron chi connectivity index (χ0n) is 82.6. The van der Waals surface area contributed by atoms with E-state index in [1.807, 2.05) is 245 Å². The highest BCUT2D eigenvalue weighted by molar-refractivity contribution is 6.04. The van der Waals surface area contributed by atoms with E-state index in [1.165, 1.54) is 24.0 Å². The number of nitrogens with one attached hydrogen (secondary N) is 7. The van der Waals surface area contributed by atoms with Crippen molar-refractivity contribution in [2.24, 2.45) is 27.2 Å². The summed E-state index contributed by atoms with van der Waals surface area (Å²) >= 11 is 0. The number of rotatable bonds is 24. The smallest absolute Gasteiger partial charge is 0.323 e. The van der Waals surface area contributed by atoms with Crippen LogP contribution < -0.4 is 48.7 Å². The number of para-hydroxylation sites is 6. The van der Waals surface area contributed by atoms with E-state index in [0.29, 0.717) is 97.9 Å². The van der Waals surface area contributed by atoms with Crippen molar-refractivity contribution in [2.75, 3.05) is 38.2 Å². The van der Waals surface area contributed by atoms with E-state index in [9.17, 15) is 53.1 Å². The Balaban J connectivity index is 0.000000159. The van der Waals surface area contributed by atoms with Crippen molar-refractivity contribution in [3.05, 3.63) is 335 Å². The quantitative estimate of drug-likeness (QED) is 0.0121. The predicted molar refractivity (Wildman–Crippen MR) is 565 cm³/mol. The summed E-state index contributed by atoms with van der Waals surface area (Å²) in [4.78, 5) is 135. The van der Waals surface area contributed by atoms with Gasteiger partial charge in [-0.1, -0.05) is 194 Å². The van der Waals surface area contributed by atoms with Gasteiger partial charge in [0, 0.05) is 79.0 Å². The first-order valence-corrected chi connectivity index (χ1v) is 48.0. The Morgan fingerprint density at radius 2 is 0.827 bits per heavy atom. The fraction of sp³-hybridized carbons (Fsp3) is 0.325. The van der Waals surface area contributed by atoms with E-state index in [0.717, 1.165) is 73.8 Å². The number of urea groups is 2. The van der Waals surface area contributed by atoms with Crippen LogP contribution in [-0.4, -0.2) is 108 Å². The standard InChI is InChI=1S/C22H16N2O2.C22H25NO4.C19H27N3O3.C16H22N4O4.C15H13NO.2C10H14/c1-2-24-19-10-6-4-8-14(19)22(26)16-11-18-15(12-20(16)24)21(25)13-7-3-5-9-17(13)23-18;1-4-22(2,3)21(26)27-14-15(24)13-23-18-11-7-5-9-16(18)20(25)17-10-6-8-12-19(17)23;1-5-19(3,4)17(23)25-12-11-20-18(24)22-15-8-6-7-14-10-9-13(2)21-16(14)15;1-4-16(2,3)13(21)24-8-7-17-14(22)18-10-5-6-11-12(9-10)20-15(23)19-11;1-2-16-13-9-5-3-7-11(13)15(17)12-8-4-6-10-14(12)16;2*1-3-9(2)10-7-5-4-6-8-10/h3-12H,2H2,1H3,(H,23,25);5-12,15,24H,4,13-14H2,1-3H3;6,8-10,14H,5,7,11-12H2,1-4H3,(H2,20,22,24);5-6,9H,4,7-8H2,1-3H3,(H2,17,18,22)(H2,19,20,23);3-10H,2H2,1H3;2*4-9H,3H2,1-2H3. The number of aliphatic hydroxyl groups excluding tert-OH is 1. The summed E-state index contributed by atoms with van der Waals surface area (Å²) in [6.07, 6.45) is 12.5. The predicted octanol–water partition coefficient (Wildman–Crippen LogP) is 22.3. The molecule has 17 rings (SSSR count). The van der Waals surface area contributed by atoms with Crippen LogP contribution in [0.1, 0.15) is 172 Å². The topological polar surface area (TPSA) is 341 Å². The summed E-state index contributed by atoms with van der Waals surface area (Å²) in [6, 6.07) is 74.6. The van der Waals surface area contributed by atoms with E-state index in [-0.39, 0.29) is 96.7 Å². The fourth-order valence-electron chi connectivity index (χ4n) is 15.8. The van der Waals surface area contributed by atoms with Crippen LogP contribution in [0.5, 0.6) is 0 Å². The number of aliphatic hydroxyl groups is 1. The molecule has 0 saturated carbocycles. The zero-order valence-corrected chi connectivity index (χ0v) is 82.6. The molecular formula is C114H131N11O14. The third-order valence-corrected chi connectivity index (χ3v) is 25.7. The Morgan fingerprint density at radius 1 is 0.424 bits per heavy atom. The molecule has 25 heteroatoms. The number of H-pyrrole nitrogens is 3. The average Bonchev–Trinajstić information content (AvgIpc) is 1.07. The van der Waals surface area contributed by atoms with Crippen LogP contribution in [0.4, 0.5) is 15.3 Å². The first-order valence-electron chi connectivity index (χ1n) is 48.0. The number of aromatic amines is 3. The number of carbonyl (C=O) groups excluding carboxylic acids is 5. The third-order valence-electron chi connectivity index (χ3n) is 25.7. The van der Waals surface area contributed by atoms with E-state index >= 15 is 0 Å². The number of carbonyl (C=O) groups is 5. The van der Waals surface area contributed by atoms with Gasteiger partial charge in [0.15, 0.2) is 21.7 Å². The van der Waals surface area contributed by atoms with Crippen LogP contribution in [0, 0.1) is 22.2 Å². The number of ether oxygens (including phenoxy) is 3. The monoisotopic (exact) mass is 1880 g/mol. The normalized spacial score (nSPS) is 13.4. The van der Waals surface area contributed by atoms with E-state index < -0.39 is 28.4 Å². The number of aromatic nitrogens is 6. The van der Waals surface area contributed by atoms with E-state index in [4.69, 9.17) is 14.2 Å². The van der Waals surface area contributed by atoms with E-state index in [2.05, 4.69) is 152 Å². The largest absolute Gasteiger partial charge is 0.463 e. The molecule has 4 amide bonds. The van der Waals surface area contributed by atoms with Gasteiger partial charge in [-0.3, -0.25) is 38.6 Å². The summed E-state index contributed by atoms with van der Waals surface area (Å²) in [6.45, 7) is 34.2. The van der Waals surface area contributed by atoms with Crippen LogP contribution in [0.2, 0.25) is 0 Å². The molecule has 1 aliphatic heterocycles. The molecule has 25 nitrogen and oxygen atoms in total. The number of allylic oxidation sites excluding steroid dienone is 4. The fourth-order valence-corrected chi connectivity index (χ4v) is 15.8. The molecule has 5 aromatic heterocycles. The van der Waals surface area contributed by atoms with E-state index in [1.54, 1.807) is 30.3 Å². The number of aryl methyl sites for hydroxylation is 2. The van der Waals surface area contributed by atoms with Gasteiger partial charge in [0.05, 0.1) is 96.9 Å². The van der Waals surface area contributed by atoms with Crippen LogP contribution in [0.15, 0.2) is 301 Å². The second-order valence-electron chi connectivity index (χ2n) is 36.5. The Labute approximate surface area is 809 Å². The molecule has 4 atom stereocenters. The first kappa shape index (κ1) is 105. The molecule has 139 heavy (non-hydrogen) atoms. The number of imidazole rings is 1. The van der Waals surface area contributed by atoms with Crippen LogP contribution in [0.25, 0.3) is 98.3 Å². The number of hydrogen-bond donors (Lipinski definition) is 8. The van der Waals surface area contributed by atoms with Gasteiger partial charge in [-0.05, 0) is 239 Å².